The molecule has 1 heterocycles. The summed E-state index contributed by atoms with van der Waals surface area (Å²) in [4.78, 5) is 15.8. The van der Waals surface area contributed by atoms with Crippen LogP contribution >= 0.6 is 22.9 Å². The van der Waals surface area contributed by atoms with Crippen LogP contribution in [-0.4, -0.2) is 16.8 Å². The number of carbonyl (C=O) groups is 1. The number of benzene rings is 1. The minimum Gasteiger partial charge on any atom is -0.398 e. The van der Waals surface area contributed by atoms with Crippen LogP contribution in [0.4, 0.5) is 5.69 Å². The molecule has 1 aromatic heterocycles. The van der Waals surface area contributed by atoms with Gasteiger partial charge in [-0.05, 0) is 42.5 Å². The second kappa shape index (κ2) is 5.46. The lowest BCUT2D eigenvalue weighted by molar-refractivity contribution is 0.0732. The highest BCUT2D eigenvalue weighted by atomic mass is 35.5. The molecule has 3 nitrogen and oxygen atoms in total. The fourth-order valence-corrected chi connectivity index (χ4v) is 2.99. The highest BCUT2D eigenvalue weighted by molar-refractivity contribution is 7.09. The van der Waals surface area contributed by atoms with Gasteiger partial charge < -0.3 is 10.6 Å². The Bertz CT molecular complexity index is 623. The van der Waals surface area contributed by atoms with Gasteiger partial charge in [-0.15, -0.1) is 11.3 Å². The molecule has 1 amide bonds. The number of hydrogen-bond acceptors (Lipinski definition) is 3. The summed E-state index contributed by atoms with van der Waals surface area (Å²) >= 11 is 7.58. The first-order valence-electron chi connectivity index (χ1n) is 6.53. The van der Waals surface area contributed by atoms with Gasteiger partial charge in [0.15, 0.2) is 0 Å². The number of carbonyl (C=O) groups excluding carboxylic acids is 1. The fourth-order valence-electron chi connectivity index (χ4n) is 2.17. The van der Waals surface area contributed by atoms with Crippen molar-refractivity contribution in [1.29, 1.82) is 0 Å². The second-order valence-electron chi connectivity index (χ2n) is 4.98. The summed E-state index contributed by atoms with van der Waals surface area (Å²) in [5.74, 6) is 0.0317. The van der Waals surface area contributed by atoms with Gasteiger partial charge in [0.05, 0.1) is 17.3 Å². The molecule has 1 aliphatic carbocycles. The van der Waals surface area contributed by atoms with Crippen LogP contribution in [0.3, 0.4) is 0 Å². The Morgan fingerprint density at radius 3 is 2.80 bits per heavy atom. The summed E-state index contributed by atoms with van der Waals surface area (Å²) in [7, 11) is 0. The summed E-state index contributed by atoms with van der Waals surface area (Å²) in [6.07, 6.45) is 2.17. The first kappa shape index (κ1) is 13.5. The summed E-state index contributed by atoms with van der Waals surface area (Å²) < 4.78 is 0. The van der Waals surface area contributed by atoms with E-state index in [-0.39, 0.29) is 5.91 Å². The largest absolute Gasteiger partial charge is 0.398 e. The predicted octanol–water partition coefficient (Wildman–Crippen LogP) is 3.79. The second-order valence-corrected chi connectivity index (χ2v) is 6.42. The van der Waals surface area contributed by atoms with E-state index >= 15 is 0 Å². The molecule has 0 spiro atoms. The van der Waals surface area contributed by atoms with Crippen LogP contribution in [0.2, 0.25) is 5.02 Å². The molecule has 1 aliphatic rings. The molecule has 0 atom stereocenters. The first-order valence-corrected chi connectivity index (χ1v) is 7.79. The molecule has 104 valence electrons. The molecular weight excluding hydrogens is 292 g/mol. The lowest BCUT2D eigenvalue weighted by Crippen LogP contribution is -2.32. The van der Waals surface area contributed by atoms with Crippen molar-refractivity contribution >= 4 is 34.5 Å². The van der Waals surface area contributed by atoms with Crippen molar-refractivity contribution in [3.63, 3.8) is 0 Å². The van der Waals surface area contributed by atoms with Crippen LogP contribution < -0.4 is 5.73 Å². The Morgan fingerprint density at radius 2 is 2.20 bits per heavy atom. The first-order chi connectivity index (χ1) is 9.65. The normalized spacial score (nSPS) is 14.2. The maximum absolute atomic E-state index is 12.6. The highest BCUT2D eigenvalue weighted by Gasteiger charge is 2.33. The Morgan fingerprint density at radius 1 is 1.40 bits per heavy atom. The average Bonchev–Trinajstić information content (AvgIpc) is 3.15. The van der Waals surface area contributed by atoms with Crippen LogP contribution in [0.25, 0.3) is 0 Å². The number of anilines is 1. The maximum Gasteiger partial charge on any atom is 0.254 e. The molecule has 0 bridgehead atoms. The third kappa shape index (κ3) is 2.81. The standard InChI is InChI=1S/C15H15ClN2OS/c16-13-6-3-10(8-14(13)17)15(19)18(11-4-5-11)9-12-2-1-7-20-12/h1-3,6-8,11H,4-5,9,17H2. The quantitative estimate of drug-likeness (QED) is 0.874. The van der Waals surface area contributed by atoms with E-state index in [0.717, 1.165) is 12.8 Å². The van der Waals surface area contributed by atoms with Gasteiger partial charge in [0.1, 0.15) is 0 Å². The number of nitrogen functional groups attached to an aromatic ring is 1. The van der Waals surface area contributed by atoms with Crippen LogP contribution in [0.5, 0.6) is 0 Å². The molecule has 0 radical (unpaired) electrons. The van der Waals surface area contributed by atoms with E-state index in [1.165, 1.54) is 4.88 Å². The van der Waals surface area contributed by atoms with Crippen molar-refractivity contribution in [2.75, 3.05) is 5.73 Å². The van der Waals surface area contributed by atoms with Gasteiger partial charge in [-0.3, -0.25) is 4.79 Å². The molecule has 0 aliphatic heterocycles. The SMILES string of the molecule is Nc1cc(C(=O)N(Cc2cccs2)C2CC2)ccc1Cl. The van der Waals surface area contributed by atoms with E-state index in [1.807, 2.05) is 16.3 Å². The minimum absolute atomic E-state index is 0.0317. The van der Waals surface area contributed by atoms with Crippen molar-refractivity contribution < 1.29 is 4.79 Å². The van der Waals surface area contributed by atoms with Gasteiger partial charge in [-0.1, -0.05) is 17.7 Å². The zero-order valence-corrected chi connectivity index (χ0v) is 12.5. The van der Waals surface area contributed by atoms with Gasteiger partial charge in [-0.25, -0.2) is 0 Å². The van der Waals surface area contributed by atoms with Crippen LogP contribution in [0.1, 0.15) is 28.1 Å². The Balaban J connectivity index is 1.83. The minimum atomic E-state index is 0.0317. The van der Waals surface area contributed by atoms with E-state index in [0.29, 0.717) is 28.9 Å². The summed E-state index contributed by atoms with van der Waals surface area (Å²) in [6.45, 7) is 0.670. The summed E-state index contributed by atoms with van der Waals surface area (Å²) in [5.41, 5.74) is 6.84. The van der Waals surface area contributed by atoms with E-state index in [1.54, 1.807) is 29.5 Å². The van der Waals surface area contributed by atoms with Gasteiger partial charge in [0.25, 0.3) is 5.91 Å². The van der Waals surface area contributed by atoms with E-state index < -0.39 is 0 Å². The molecular formula is C15H15ClN2OS. The number of nitrogens with zero attached hydrogens (tertiary/aromatic N) is 1. The number of halogens is 1. The van der Waals surface area contributed by atoms with Crippen molar-refractivity contribution in [2.24, 2.45) is 0 Å². The van der Waals surface area contributed by atoms with Crippen LogP contribution in [-0.2, 0) is 6.54 Å². The third-order valence-electron chi connectivity index (χ3n) is 3.40. The molecule has 1 fully saturated rings. The Hall–Kier alpha value is -1.52. The molecule has 1 aromatic carbocycles. The van der Waals surface area contributed by atoms with E-state index in [9.17, 15) is 4.79 Å². The number of hydrogen-bond donors (Lipinski definition) is 1. The van der Waals surface area contributed by atoms with E-state index in [4.69, 9.17) is 17.3 Å². The lowest BCUT2D eigenvalue weighted by atomic mass is 10.1. The van der Waals surface area contributed by atoms with E-state index in [2.05, 4.69) is 6.07 Å². The van der Waals surface area contributed by atoms with Crippen LogP contribution in [0, 0.1) is 0 Å². The zero-order valence-electron chi connectivity index (χ0n) is 10.9. The van der Waals surface area contributed by atoms with Gasteiger partial charge in [-0.2, -0.15) is 0 Å². The molecule has 0 unspecified atom stereocenters. The zero-order chi connectivity index (χ0) is 14.1. The van der Waals surface area contributed by atoms with Crippen molar-refractivity contribution in [3.8, 4) is 0 Å². The topological polar surface area (TPSA) is 46.3 Å². The van der Waals surface area contributed by atoms with Crippen molar-refractivity contribution in [3.05, 3.63) is 51.2 Å². The van der Waals surface area contributed by atoms with Gasteiger partial charge in [0, 0.05) is 16.5 Å². The molecule has 1 saturated carbocycles. The molecule has 20 heavy (non-hydrogen) atoms. The lowest BCUT2D eigenvalue weighted by Gasteiger charge is -2.22. The number of amides is 1. The van der Waals surface area contributed by atoms with Gasteiger partial charge in [0.2, 0.25) is 0 Å². The Kier molecular flexibility index (Phi) is 3.68. The molecule has 2 aromatic rings. The summed E-state index contributed by atoms with van der Waals surface area (Å²) in [6, 6.07) is 9.51. The van der Waals surface area contributed by atoms with Crippen molar-refractivity contribution in [2.45, 2.75) is 25.4 Å². The molecule has 2 N–H and O–H groups in total. The molecule has 3 rings (SSSR count). The molecule has 0 saturated heterocycles. The predicted molar refractivity (Wildman–Crippen MR) is 83.1 cm³/mol. The van der Waals surface area contributed by atoms with Crippen molar-refractivity contribution in [1.82, 2.24) is 4.90 Å². The average molecular weight is 307 g/mol. The fraction of sp³-hybridized carbons (Fsp3) is 0.267. The van der Waals surface area contributed by atoms with Gasteiger partial charge >= 0.3 is 0 Å². The number of thiophene rings is 1. The smallest absolute Gasteiger partial charge is 0.254 e. The molecule has 5 heteroatoms. The number of nitrogens with two attached hydrogens (primary N) is 1. The number of rotatable bonds is 4. The maximum atomic E-state index is 12.6. The monoisotopic (exact) mass is 306 g/mol. The summed E-state index contributed by atoms with van der Waals surface area (Å²) in [5, 5.41) is 2.52. The Labute approximate surface area is 127 Å². The third-order valence-corrected chi connectivity index (χ3v) is 4.60. The highest BCUT2D eigenvalue weighted by Crippen LogP contribution is 2.31. The van der Waals surface area contributed by atoms with Crippen LogP contribution in [0.15, 0.2) is 35.7 Å².